The van der Waals surface area contributed by atoms with Crippen LogP contribution in [0, 0.1) is 12.8 Å². The van der Waals surface area contributed by atoms with Gasteiger partial charge in [-0.3, -0.25) is 4.98 Å². The van der Waals surface area contributed by atoms with Gasteiger partial charge < -0.3 is 11.1 Å². The third kappa shape index (κ3) is 2.45. The molecule has 1 aromatic rings. The van der Waals surface area contributed by atoms with E-state index in [9.17, 15) is 0 Å². The number of aromatic nitrogens is 2. The maximum absolute atomic E-state index is 6.01. The maximum atomic E-state index is 6.01. The number of nitrogens with one attached hydrogen (secondary N) is 1. The van der Waals surface area contributed by atoms with E-state index in [2.05, 4.69) is 15.3 Å². The molecule has 15 heavy (non-hydrogen) atoms. The molecule has 0 bridgehead atoms. The Balaban J connectivity index is 1.90. The van der Waals surface area contributed by atoms with Gasteiger partial charge in [-0.15, -0.1) is 0 Å². The highest BCUT2D eigenvalue weighted by molar-refractivity contribution is 5.38. The minimum absolute atomic E-state index is 0.356. The van der Waals surface area contributed by atoms with Gasteiger partial charge in [-0.1, -0.05) is 6.42 Å². The van der Waals surface area contributed by atoms with Gasteiger partial charge in [0, 0.05) is 25.0 Å². The molecule has 1 saturated carbocycles. The van der Waals surface area contributed by atoms with Crippen molar-refractivity contribution in [2.24, 2.45) is 11.7 Å². The Bertz CT molecular complexity index is 326. The Hall–Kier alpha value is -1.16. The van der Waals surface area contributed by atoms with Crippen LogP contribution in [0.5, 0.6) is 0 Å². The minimum atomic E-state index is 0.356. The number of aryl methyl sites for hydroxylation is 1. The summed E-state index contributed by atoms with van der Waals surface area (Å²) in [6.07, 6.45) is 7.07. The van der Waals surface area contributed by atoms with Crippen LogP contribution in [-0.2, 0) is 0 Å². The van der Waals surface area contributed by atoms with Gasteiger partial charge in [0.05, 0.1) is 5.69 Å². The largest absolute Gasteiger partial charge is 0.368 e. The van der Waals surface area contributed by atoms with Crippen molar-refractivity contribution in [1.29, 1.82) is 0 Å². The number of nitrogens with zero attached hydrogens (tertiary/aromatic N) is 2. The first-order valence-electron chi connectivity index (χ1n) is 5.54. The van der Waals surface area contributed by atoms with Crippen molar-refractivity contribution in [1.82, 2.24) is 9.97 Å². The van der Waals surface area contributed by atoms with E-state index < -0.39 is 0 Å². The molecule has 1 aliphatic carbocycles. The van der Waals surface area contributed by atoms with Gasteiger partial charge in [-0.2, -0.15) is 0 Å². The summed E-state index contributed by atoms with van der Waals surface area (Å²) < 4.78 is 0. The predicted octanol–water partition coefficient (Wildman–Crippen LogP) is 1.32. The molecular formula is C11H18N4. The van der Waals surface area contributed by atoms with Gasteiger partial charge in [0.1, 0.15) is 5.82 Å². The van der Waals surface area contributed by atoms with Gasteiger partial charge in [0.2, 0.25) is 0 Å². The van der Waals surface area contributed by atoms with Crippen LogP contribution in [0.1, 0.15) is 25.0 Å². The maximum Gasteiger partial charge on any atom is 0.147 e. The molecule has 3 N–H and O–H groups in total. The summed E-state index contributed by atoms with van der Waals surface area (Å²) in [4.78, 5) is 8.44. The van der Waals surface area contributed by atoms with E-state index in [0.29, 0.717) is 12.0 Å². The van der Waals surface area contributed by atoms with Crippen LogP contribution in [0.2, 0.25) is 0 Å². The van der Waals surface area contributed by atoms with Crippen LogP contribution in [0.3, 0.4) is 0 Å². The minimum Gasteiger partial charge on any atom is -0.368 e. The molecule has 4 heteroatoms. The Labute approximate surface area is 90.3 Å². The molecule has 82 valence electrons. The molecule has 0 spiro atoms. The van der Waals surface area contributed by atoms with Crippen molar-refractivity contribution in [3.8, 4) is 0 Å². The summed E-state index contributed by atoms with van der Waals surface area (Å²) in [7, 11) is 0. The zero-order valence-electron chi connectivity index (χ0n) is 9.11. The number of nitrogens with two attached hydrogens (primary N) is 1. The van der Waals surface area contributed by atoms with Crippen LogP contribution in [0.25, 0.3) is 0 Å². The molecular weight excluding hydrogens is 188 g/mol. The Morgan fingerprint density at radius 2 is 2.20 bits per heavy atom. The molecule has 2 unspecified atom stereocenters. The normalized spacial score (nSPS) is 25.5. The van der Waals surface area contributed by atoms with E-state index in [1.807, 2.05) is 6.92 Å². The first-order valence-corrected chi connectivity index (χ1v) is 5.54. The number of hydrogen-bond acceptors (Lipinski definition) is 4. The predicted molar refractivity (Wildman–Crippen MR) is 60.6 cm³/mol. The molecule has 1 fully saturated rings. The van der Waals surface area contributed by atoms with Crippen molar-refractivity contribution in [2.45, 2.75) is 32.2 Å². The van der Waals surface area contributed by atoms with Crippen molar-refractivity contribution < 1.29 is 0 Å². The fraction of sp³-hybridized carbons (Fsp3) is 0.636. The van der Waals surface area contributed by atoms with Crippen molar-refractivity contribution in [2.75, 3.05) is 11.9 Å². The average molecular weight is 206 g/mol. The Kier molecular flexibility index (Phi) is 3.16. The van der Waals surface area contributed by atoms with Gasteiger partial charge >= 0.3 is 0 Å². The summed E-state index contributed by atoms with van der Waals surface area (Å²) in [6.45, 7) is 2.88. The summed E-state index contributed by atoms with van der Waals surface area (Å²) in [5.74, 6) is 1.48. The van der Waals surface area contributed by atoms with Gasteiger partial charge in [0.15, 0.2) is 0 Å². The molecule has 0 amide bonds. The topological polar surface area (TPSA) is 63.8 Å². The second-order valence-electron chi connectivity index (χ2n) is 4.23. The lowest BCUT2D eigenvalue weighted by Gasteiger charge is -2.16. The average Bonchev–Trinajstić information content (AvgIpc) is 2.63. The highest BCUT2D eigenvalue weighted by Gasteiger charge is 2.23. The second kappa shape index (κ2) is 4.57. The molecule has 4 nitrogen and oxygen atoms in total. The van der Waals surface area contributed by atoms with E-state index in [1.54, 1.807) is 12.4 Å². The molecule has 2 atom stereocenters. The SMILES string of the molecule is Cc1nccnc1NCC1CCCC1N. The number of hydrogen-bond donors (Lipinski definition) is 2. The molecule has 0 aliphatic heterocycles. The highest BCUT2D eigenvalue weighted by Crippen LogP contribution is 2.24. The first-order chi connectivity index (χ1) is 7.27. The zero-order chi connectivity index (χ0) is 10.7. The Morgan fingerprint density at radius 1 is 1.40 bits per heavy atom. The third-order valence-electron chi connectivity index (χ3n) is 3.13. The van der Waals surface area contributed by atoms with Gasteiger partial charge in [-0.05, 0) is 25.7 Å². The molecule has 2 rings (SSSR count). The second-order valence-corrected chi connectivity index (χ2v) is 4.23. The fourth-order valence-electron chi connectivity index (χ4n) is 2.13. The number of anilines is 1. The van der Waals surface area contributed by atoms with E-state index in [-0.39, 0.29) is 0 Å². The van der Waals surface area contributed by atoms with Crippen LogP contribution in [0.15, 0.2) is 12.4 Å². The quantitative estimate of drug-likeness (QED) is 0.783. The fourth-order valence-corrected chi connectivity index (χ4v) is 2.13. The molecule has 0 radical (unpaired) electrons. The Morgan fingerprint density at radius 3 is 2.87 bits per heavy atom. The highest BCUT2D eigenvalue weighted by atomic mass is 15.0. The summed E-state index contributed by atoms with van der Waals surface area (Å²) in [6, 6.07) is 0.356. The van der Waals surface area contributed by atoms with Gasteiger partial charge in [0.25, 0.3) is 0 Å². The summed E-state index contributed by atoms with van der Waals surface area (Å²) in [5, 5.41) is 3.33. The van der Waals surface area contributed by atoms with Crippen LogP contribution < -0.4 is 11.1 Å². The third-order valence-corrected chi connectivity index (χ3v) is 3.13. The van der Waals surface area contributed by atoms with Gasteiger partial charge in [-0.25, -0.2) is 4.98 Å². The molecule has 1 heterocycles. The summed E-state index contributed by atoms with van der Waals surface area (Å²) in [5.41, 5.74) is 6.95. The van der Waals surface area contributed by atoms with Crippen molar-refractivity contribution in [3.63, 3.8) is 0 Å². The molecule has 1 aliphatic rings. The van der Waals surface area contributed by atoms with E-state index in [0.717, 1.165) is 24.5 Å². The van der Waals surface area contributed by atoms with Crippen LogP contribution in [-0.4, -0.2) is 22.6 Å². The lowest BCUT2D eigenvalue weighted by molar-refractivity contribution is 0.504. The standard InChI is InChI=1S/C11H18N4/c1-8-11(14-6-5-13-8)15-7-9-3-2-4-10(9)12/h5-6,9-10H,2-4,7,12H2,1H3,(H,14,15). The lowest BCUT2D eigenvalue weighted by Crippen LogP contribution is -2.30. The molecule has 0 saturated heterocycles. The van der Waals surface area contributed by atoms with Crippen LogP contribution in [0.4, 0.5) is 5.82 Å². The number of rotatable bonds is 3. The summed E-state index contributed by atoms with van der Waals surface area (Å²) >= 11 is 0. The molecule has 0 aromatic carbocycles. The zero-order valence-corrected chi connectivity index (χ0v) is 9.11. The van der Waals surface area contributed by atoms with E-state index in [4.69, 9.17) is 5.73 Å². The monoisotopic (exact) mass is 206 g/mol. The first kappa shape index (κ1) is 10.4. The smallest absolute Gasteiger partial charge is 0.147 e. The van der Waals surface area contributed by atoms with Crippen LogP contribution >= 0.6 is 0 Å². The lowest BCUT2D eigenvalue weighted by atomic mass is 10.1. The van der Waals surface area contributed by atoms with E-state index in [1.165, 1.54) is 12.8 Å². The van der Waals surface area contributed by atoms with Crippen molar-refractivity contribution >= 4 is 5.82 Å². The molecule has 1 aromatic heterocycles. The van der Waals surface area contributed by atoms with E-state index >= 15 is 0 Å². The van der Waals surface area contributed by atoms with Crippen molar-refractivity contribution in [3.05, 3.63) is 18.1 Å².